The van der Waals surface area contributed by atoms with Gasteiger partial charge in [-0.25, -0.2) is 0 Å². The number of benzene rings is 1. The summed E-state index contributed by atoms with van der Waals surface area (Å²) in [5.41, 5.74) is 2.13. The maximum absolute atomic E-state index is 12.8. The predicted molar refractivity (Wildman–Crippen MR) is 94.2 cm³/mol. The van der Waals surface area contributed by atoms with Crippen molar-refractivity contribution in [2.45, 2.75) is 12.6 Å². The molecule has 1 aliphatic rings. The molecule has 1 unspecified atom stereocenters. The first-order valence-electron chi connectivity index (χ1n) is 7.88. The van der Waals surface area contributed by atoms with Gasteiger partial charge in [-0.2, -0.15) is 11.8 Å². The first kappa shape index (κ1) is 16.0. The lowest BCUT2D eigenvalue weighted by atomic mass is 10.0. The van der Waals surface area contributed by atoms with Gasteiger partial charge in [-0.15, -0.1) is 0 Å². The van der Waals surface area contributed by atoms with Crippen molar-refractivity contribution in [2.75, 3.05) is 24.6 Å². The number of nitrogens with one attached hydrogen (secondary N) is 1. The third kappa shape index (κ3) is 4.33. The maximum atomic E-state index is 12.8. The minimum Gasteiger partial charge on any atom is -0.350 e. The minimum atomic E-state index is -0.209. The van der Waals surface area contributed by atoms with Gasteiger partial charge in [0, 0.05) is 43.5 Å². The van der Waals surface area contributed by atoms with Crippen molar-refractivity contribution < 1.29 is 4.79 Å². The zero-order valence-electron chi connectivity index (χ0n) is 13.0. The summed E-state index contributed by atoms with van der Waals surface area (Å²) in [6, 6.07) is 13.7. The van der Waals surface area contributed by atoms with Crippen LogP contribution in [0.5, 0.6) is 0 Å². The Balaban J connectivity index is 1.73. The van der Waals surface area contributed by atoms with Crippen LogP contribution in [-0.4, -0.2) is 40.4 Å². The summed E-state index contributed by atoms with van der Waals surface area (Å²) >= 11 is 1.95. The van der Waals surface area contributed by atoms with Gasteiger partial charge in [0.25, 0.3) is 0 Å². The van der Waals surface area contributed by atoms with Gasteiger partial charge in [-0.1, -0.05) is 30.3 Å². The van der Waals surface area contributed by atoms with Gasteiger partial charge in [-0.3, -0.25) is 14.7 Å². The molecule has 1 amide bonds. The highest BCUT2D eigenvalue weighted by Gasteiger charge is 2.28. The fourth-order valence-electron chi connectivity index (χ4n) is 2.79. The van der Waals surface area contributed by atoms with Gasteiger partial charge in [0.15, 0.2) is 0 Å². The molecule has 3 rings (SSSR count). The molecule has 1 aromatic carbocycles. The van der Waals surface area contributed by atoms with E-state index in [9.17, 15) is 4.79 Å². The number of amides is 1. The zero-order chi connectivity index (χ0) is 15.9. The molecule has 1 aromatic heterocycles. The number of hydrogen-bond donors (Lipinski definition) is 1. The summed E-state index contributed by atoms with van der Waals surface area (Å²) in [5.74, 6) is 2.24. The van der Waals surface area contributed by atoms with Gasteiger partial charge in [0.2, 0.25) is 5.91 Å². The van der Waals surface area contributed by atoms with E-state index in [0.29, 0.717) is 6.54 Å². The van der Waals surface area contributed by atoms with E-state index < -0.39 is 0 Å². The molecule has 2 aromatic rings. The molecule has 1 aliphatic heterocycles. The number of carbonyl (C=O) groups excluding carboxylic acids is 1. The highest BCUT2D eigenvalue weighted by molar-refractivity contribution is 7.99. The number of rotatable bonds is 5. The number of aromatic nitrogens is 1. The van der Waals surface area contributed by atoms with Crippen LogP contribution in [-0.2, 0) is 11.3 Å². The van der Waals surface area contributed by atoms with Crippen LogP contribution in [0.15, 0.2) is 54.9 Å². The molecule has 0 spiro atoms. The Hall–Kier alpha value is -1.85. The molecule has 0 aliphatic carbocycles. The van der Waals surface area contributed by atoms with Crippen LogP contribution in [0.25, 0.3) is 0 Å². The Kier molecular flexibility index (Phi) is 5.66. The quantitative estimate of drug-likeness (QED) is 0.916. The first-order valence-corrected chi connectivity index (χ1v) is 9.03. The molecule has 1 atom stereocenters. The van der Waals surface area contributed by atoms with E-state index in [1.54, 1.807) is 12.4 Å². The van der Waals surface area contributed by atoms with E-state index in [0.717, 1.165) is 35.7 Å². The van der Waals surface area contributed by atoms with E-state index >= 15 is 0 Å². The van der Waals surface area contributed by atoms with Crippen molar-refractivity contribution in [1.29, 1.82) is 0 Å². The molecular formula is C18H21N3OS. The average molecular weight is 327 g/mol. The molecule has 5 heteroatoms. The van der Waals surface area contributed by atoms with Gasteiger partial charge >= 0.3 is 0 Å². The Morgan fingerprint density at radius 2 is 1.83 bits per heavy atom. The van der Waals surface area contributed by atoms with Crippen LogP contribution in [0.4, 0.5) is 0 Å². The summed E-state index contributed by atoms with van der Waals surface area (Å²) in [4.78, 5) is 19.1. The summed E-state index contributed by atoms with van der Waals surface area (Å²) in [5, 5.41) is 3.08. The Morgan fingerprint density at radius 3 is 2.52 bits per heavy atom. The van der Waals surface area contributed by atoms with Crippen LogP contribution in [0.1, 0.15) is 17.2 Å². The number of thioether (sulfide) groups is 1. The number of carbonyl (C=O) groups is 1. The van der Waals surface area contributed by atoms with Crippen molar-refractivity contribution in [3.63, 3.8) is 0 Å². The van der Waals surface area contributed by atoms with E-state index in [1.165, 1.54) is 0 Å². The van der Waals surface area contributed by atoms with E-state index in [2.05, 4.69) is 15.2 Å². The fourth-order valence-corrected chi connectivity index (χ4v) is 3.72. The zero-order valence-corrected chi connectivity index (χ0v) is 13.8. The third-order valence-corrected chi connectivity index (χ3v) is 4.93. The van der Waals surface area contributed by atoms with Gasteiger partial charge in [-0.05, 0) is 23.3 Å². The van der Waals surface area contributed by atoms with E-state index in [4.69, 9.17) is 0 Å². The topological polar surface area (TPSA) is 45.2 Å². The molecule has 120 valence electrons. The highest BCUT2D eigenvalue weighted by atomic mass is 32.2. The molecule has 1 saturated heterocycles. The van der Waals surface area contributed by atoms with Crippen LogP contribution >= 0.6 is 11.8 Å². The minimum absolute atomic E-state index is 0.0694. The normalized spacial score (nSPS) is 16.7. The summed E-state index contributed by atoms with van der Waals surface area (Å²) < 4.78 is 0. The molecular weight excluding hydrogens is 306 g/mol. The molecule has 4 nitrogen and oxygen atoms in total. The summed E-state index contributed by atoms with van der Waals surface area (Å²) in [6.07, 6.45) is 3.50. The Bertz CT molecular complexity index is 615. The van der Waals surface area contributed by atoms with Crippen molar-refractivity contribution in [1.82, 2.24) is 15.2 Å². The lowest BCUT2D eigenvalue weighted by molar-refractivity contribution is -0.126. The summed E-state index contributed by atoms with van der Waals surface area (Å²) in [7, 11) is 0. The molecule has 0 saturated carbocycles. The smallest absolute Gasteiger partial charge is 0.242 e. The molecule has 0 bridgehead atoms. The average Bonchev–Trinajstić information content (AvgIpc) is 2.63. The van der Waals surface area contributed by atoms with Gasteiger partial charge in [0.05, 0.1) is 0 Å². The largest absolute Gasteiger partial charge is 0.350 e. The highest BCUT2D eigenvalue weighted by Crippen LogP contribution is 2.24. The van der Waals surface area contributed by atoms with Crippen LogP contribution in [0.2, 0.25) is 0 Å². The lowest BCUT2D eigenvalue weighted by Gasteiger charge is -2.33. The SMILES string of the molecule is O=C(NCc1ccncc1)C(c1ccccc1)N1CCSCC1. The van der Waals surface area contributed by atoms with Crippen LogP contribution in [0, 0.1) is 0 Å². The lowest BCUT2D eigenvalue weighted by Crippen LogP contribution is -2.44. The predicted octanol–water partition coefficient (Wildman–Crippen LogP) is 2.49. The second kappa shape index (κ2) is 8.13. The third-order valence-electron chi connectivity index (χ3n) is 3.99. The molecule has 1 N–H and O–H groups in total. The number of hydrogen-bond acceptors (Lipinski definition) is 4. The Labute approximate surface area is 141 Å². The molecule has 23 heavy (non-hydrogen) atoms. The van der Waals surface area contributed by atoms with Gasteiger partial charge in [0.1, 0.15) is 6.04 Å². The molecule has 1 fully saturated rings. The maximum Gasteiger partial charge on any atom is 0.242 e. The molecule has 2 heterocycles. The Morgan fingerprint density at radius 1 is 1.13 bits per heavy atom. The number of pyridine rings is 1. The standard InChI is InChI=1S/C18H21N3OS/c22-18(20-14-15-6-8-19-9-7-15)17(16-4-2-1-3-5-16)21-10-12-23-13-11-21/h1-9,17H,10-14H2,(H,20,22). The second-order valence-corrected chi connectivity index (χ2v) is 6.76. The summed E-state index contributed by atoms with van der Waals surface area (Å²) in [6.45, 7) is 2.44. The first-order chi connectivity index (χ1) is 11.3. The van der Waals surface area contributed by atoms with E-state index in [-0.39, 0.29) is 11.9 Å². The van der Waals surface area contributed by atoms with E-state index in [1.807, 2.05) is 54.2 Å². The van der Waals surface area contributed by atoms with Crippen LogP contribution < -0.4 is 5.32 Å². The second-order valence-electron chi connectivity index (χ2n) is 5.53. The fraction of sp³-hybridized carbons (Fsp3) is 0.333. The van der Waals surface area contributed by atoms with Crippen molar-refractivity contribution in [3.05, 3.63) is 66.0 Å². The van der Waals surface area contributed by atoms with Crippen molar-refractivity contribution >= 4 is 17.7 Å². The molecule has 0 radical (unpaired) electrons. The number of nitrogens with zero attached hydrogens (tertiary/aromatic N) is 2. The van der Waals surface area contributed by atoms with Crippen molar-refractivity contribution in [2.24, 2.45) is 0 Å². The monoisotopic (exact) mass is 327 g/mol. The van der Waals surface area contributed by atoms with Gasteiger partial charge < -0.3 is 5.32 Å². The van der Waals surface area contributed by atoms with Crippen molar-refractivity contribution in [3.8, 4) is 0 Å². The van der Waals surface area contributed by atoms with Crippen LogP contribution in [0.3, 0.4) is 0 Å².